The smallest absolute Gasteiger partial charge is 0.250 e. The van der Waals surface area contributed by atoms with Crippen LogP contribution in [0, 0.1) is 0 Å². The number of nitrogens with one attached hydrogen (secondary N) is 1. The van der Waals surface area contributed by atoms with Gasteiger partial charge in [0.05, 0.1) is 29.0 Å². The first-order valence-electron chi connectivity index (χ1n) is 9.14. The van der Waals surface area contributed by atoms with E-state index in [1.807, 2.05) is 48.5 Å². The lowest BCUT2D eigenvalue weighted by molar-refractivity contribution is -0.125. The predicted octanol–water partition coefficient (Wildman–Crippen LogP) is 3.12. The lowest BCUT2D eigenvalue weighted by Crippen LogP contribution is -2.59. The fourth-order valence-electron chi connectivity index (χ4n) is 3.32. The number of benzene rings is 2. The molecule has 7 nitrogen and oxygen atoms in total. The standard InChI is InChI=1S/C21H21N5O2S/c1-21(2)19(28)23-15-10-6-7-11-17(15)26(21)18(27)13-29-20-24-16(12-25(20)22)14-8-4-3-5-9-14/h3-12H,13,22H2,1-2H3,(H,23,28). The Bertz CT molecular complexity index is 1080. The largest absolute Gasteiger partial charge is 0.337 e. The van der Waals surface area contributed by atoms with Crippen molar-refractivity contribution in [2.24, 2.45) is 0 Å². The second-order valence-corrected chi connectivity index (χ2v) is 8.17. The first-order chi connectivity index (χ1) is 13.9. The molecule has 1 aliphatic rings. The first-order valence-corrected chi connectivity index (χ1v) is 10.1. The van der Waals surface area contributed by atoms with E-state index in [4.69, 9.17) is 5.84 Å². The monoisotopic (exact) mass is 407 g/mol. The number of hydrogen-bond donors (Lipinski definition) is 2. The molecule has 0 bridgehead atoms. The van der Waals surface area contributed by atoms with Crippen LogP contribution < -0.4 is 16.1 Å². The molecule has 3 aromatic rings. The number of nitrogens with two attached hydrogens (primary N) is 1. The van der Waals surface area contributed by atoms with E-state index in [0.29, 0.717) is 16.5 Å². The fourth-order valence-corrected chi connectivity index (χ4v) is 4.07. The van der Waals surface area contributed by atoms with Gasteiger partial charge in [-0.1, -0.05) is 54.2 Å². The van der Waals surface area contributed by atoms with E-state index in [2.05, 4.69) is 10.3 Å². The summed E-state index contributed by atoms with van der Waals surface area (Å²) in [5.41, 5.74) is 2.00. The third kappa shape index (κ3) is 3.47. The molecule has 1 aliphatic heterocycles. The molecule has 2 heterocycles. The molecule has 0 spiro atoms. The number of para-hydroxylation sites is 2. The Morgan fingerprint density at radius 3 is 2.59 bits per heavy atom. The van der Waals surface area contributed by atoms with Crippen molar-refractivity contribution in [1.29, 1.82) is 0 Å². The van der Waals surface area contributed by atoms with Gasteiger partial charge in [0, 0.05) is 5.56 Å². The summed E-state index contributed by atoms with van der Waals surface area (Å²) < 4.78 is 1.42. The van der Waals surface area contributed by atoms with Gasteiger partial charge in [-0.05, 0) is 26.0 Å². The summed E-state index contributed by atoms with van der Waals surface area (Å²) in [6.07, 6.45) is 1.73. The molecule has 148 valence electrons. The molecule has 0 aliphatic carbocycles. The van der Waals surface area contributed by atoms with Crippen LogP contribution in [0.25, 0.3) is 11.3 Å². The molecular weight excluding hydrogens is 386 g/mol. The average Bonchev–Trinajstić information content (AvgIpc) is 3.08. The number of hydrogen-bond acceptors (Lipinski definition) is 5. The van der Waals surface area contributed by atoms with Gasteiger partial charge in [-0.3, -0.25) is 14.5 Å². The van der Waals surface area contributed by atoms with Crippen LogP contribution in [-0.2, 0) is 9.59 Å². The normalized spacial score (nSPS) is 15.0. The van der Waals surface area contributed by atoms with Crippen molar-refractivity contribution in [1.82, 2.24) is 9.66 Å². The highest BCUT2D eigenvalue weighted by atomic mass is 32.2. The van der Waals surface area contributed by atoms with Gasteiger partial charge in [0.2, 0.25) is 11.8 Å². The number of anilines is 2. The number of carbonyl (C=O) groups is 2. The maximum absolute atomic E-state index is 13.1. The third-order valence-electron chi connectivity index (χ3n) is 4.85. The Labute approximate surface area is 172 Å². The minimum absolute atomic E-state index is 0.105. The van der Waals surface area contributed by atoms with Crippen molar-refractivity contribution in [2.75, 3.05) is 21.8 Å². The van der Waals surface area contributed by atoms with E-state index in [0.717, 1.165) is 11.3 Å². The molecule has 0 atom stereocenters. The molecule has 2 aromatic carbocycles. The van der Waals surface area contributed by atoms with Gasteiger partial charge in [0.1, 0.15) is 5.54 Å². The maximum Gasteiger partial charge on any atom is 0.250 e. The van der Waals surface area contributed by atoms with Crippen LogP contribution in [0.3, 0.4) is 0 Å². The maximum atomic E-state index is 13.1. The summed E-state index contributed by atoms with van der Waals surface area (Å²) in [7, 11) is 0. The number of nitrogen functional groups attached to an aromatic ring is 1. The SMILES string of the molecule is CC1(C)C(=O)Nc2ccccc2N1C(=O)CSc1nc(-c2ccccc2)cn1N. The summed E-state index contributed by atoms with van der Waals surface area (Å²) in [6.45, 7) is 3.47. The van der Waals surface area contributed by atoms with Gasteiger partial charge in [0.25, 0.3) is 0 Å². The van der Waals surface area contributed by atoms with Gasteiger partial charge in [-0.2, -0.15) is 0 Å². The van der Waals surface area contributed by atoms with Crippen LogP contribution in [0.5, 0.6) is 0 Å². The number of carbonyl (C=O) groups excluding carboxylic acids is 2. The van der Waals surface area contributed by atoms with Crippen molar-refractivity contribution in [2.45, 2.75) is 24.5 Å². The molecule has 0 unspecified atom stereocenters. The van der Waals surface area contributed by atoms with Gasteiger partial charge in [-0.25, -0.2) is 9.66 Å². The zero-order valence-electron chi connectivity index (χ0n) is 16.1. The lowest BCUT2D eigenvalue weighted by Gasteiger charge is -2.42. The van der Waals surface area contributed by atoms with Crippen LogP contribution >= 0.6 is 11.8 Å². The molecule has 4 rings (SSSR count). The highest BCUT2D eigenvalue weighted by Gasteiger charge is 2.43. The molecule has 2 amide bonds. The second-order valence-electron chi connectivity index (χ2n) is 7.23. The van der Waals surface area contributed by atoms with Crippen molar-refractivity contribution in [3.05, 3.63) is 60.8 Å². The summed E-state index contributed by atoms with van der Waals surface area (Å²) in [5.74, 6) is 5.73. The van der Waals surface area contributed by atoms with Crippen LogP contribution in [0.4, 0.5) is 11.4 Å². The predicted molar refractivity (Wildman–Crippen MR) is 115 cm³/mol. The number of nitrogens with zero attached hydrogens (tertiary/aromatic N) is 3. The molecule has 0 saturated heterocycles. The van der Waals surface area contributed by atoms with E-state index in [1.54, 1.807) is 31.0 Å². The van der Waals surface area contributed by atoms with E-state index in [1.165, 1.54) is 16.4 Å². The van der Waals surface area contributed by atoms with Gasteiger partial charge in [-0.15, -0.1) is 0 Å². The molecule has 1 aromatic heterocycles. The van der Waals surface area contributed by atoms with Crippen LogP contribution in [-0.4, -0.2) is 32.8 Å². The minimum atomic E-state index is -1.00. The van der Waals surface area contributed by atoms with E-state index >= 15 is 0 Å². The van der Waals surface area contributed by atoms with Crippen molar-refractivity contribution in [3.63, 3.8) is 0 Å². The highest BCUT2D eigenvalue weighted by Crippen LogP contribution is 2.37. The number of imidazole rings is 1. The minimum Gasteiger partial charge on any atom is -0.337 e. The van der Waals surface area contributed by atoms with Gasteiger partial charge in [0.15, 0.2) is 5.16 Å². The summed E-state index contributed by atoms with van der Waals surface area (Å²) >= 11 is 1.24. The number of fused-ring (bicyclic) bond motifs is 1. The summed E-state index contributed by atoms with van der Waals surface area (Å²) in [4.78, 5) is 31.8. The van der Waals surface area contributed by atoms with Crippen LogP contribution in [0.2, 0.25) is 0 Å². The lowest BCUT2D eigenvalue weighted by atomic mass is 9.96. The van der Waals surface area contributed by atoms with E-state index in [-0.39, 0.29) is 17.6 Å². The third-order valence-corrected chi connectivity index (χ3v) is 5.80. The van der Waals surface area contributed by atoms with Crippen LogP contribution in [0.1, 0.15) is 13.8 Å². The summed E-state index contributed by atoms with van der Waals surface area (Å²) in [5, 5.41) is 3.40. The van der Waals surface area contributed by atoms with Crippen molar-refractivity contribution >= 4 is 35.0 Å². The van der Waals surface area contributed by atoms with Crippen LogP contribution in [0.15, 0.2) is 66.0 Å². The highest BCUT2D eigenvalue weighted by molar-refractivity contribution is 7.99. The first kappa shape index (κ1) is 19.1. The Balaban J connectivity index is 1.56. The van der Waals surface area contributed by atoms with Crippen molar-refractivity contribution in [3.8, 4) is 11.3 Å². The zero-order valence-corrected chi connectivity index (χ0v) is 16.9. The number of thioether (sulfide) groups is 1. The Hall–Kier alpha value is -3.26. The Morgan fingerprint density at radius 1 is 1.14 bits per heavy atom. The van der Waals surface area contributed by atoms with E-state index in [9.17, 15) is 9.59 Å². The molecule has 0 saturated carbocycles. The quantitative estimate of drug-likeness (QED) is 0.512. The topological polar surface area (TPSA) is 93.2 Å². The summed E-state index contributed by atoms with van der Waals surface area (Å²) in [6, 6.07) is 17.0. The second kappa shape index (κ2) is 7.29. The Morgan fingerprint density at radius 2 is 1.83 bits per heavy atom. The molecule has 29 heavy (non-hydrogen) atoms. The molecule has 0 fully saturated rings. The molecular formula is C21H21N5O2S. The number of amides is 2. The van der Waals surface area contributed by atoms with Gasteiger partial charge >= 0.3 is 0 Å². The molecule has 0 radical (unpaired) electrons. The van der Waals surface area contributed by atoms with E-state index < -0.39 is 5.54 Å². The fraction of sp³-hybridized carbons (Fsp3) is 0.190. The Kier molecular flexibility index (Phi) is 4.79. The zero-order chi connectivity index (χ0) is 20.6. The average molecular weight is 407 g/mol. The molecule has 8 heteroatoms. The molecule has 3 N–H and O–H groups in total. The number of aromatic nitrogens is 2. The number of rotatable bonds is 4. The van der Waals surface area contributed by atoms with Crippen molar-refractivity contribution < 1.29 is 9.59 Å². The van der Waals surface area contributed by atoms with Gasteiger partial charge < -0.3 is 11.2 Å².